The van der Waals surface area contributed by atoms with Gasteiger partial charge in [-0.25, -0.2) is 0 Å². The van der Waals surface area contributed by atoms with Crippen LogP contribution in [0.1, 0.15) is 63.6 Å². The lowest BCUT2D eigenvalue weighted by molar-refractivity contribution is -0.122. The number of rotatable bonds is 11. The van der Waals surface area contributed by atoms with E-state index in [9.17, 15) is 14.4 Å². The second-order valence-corrected chi connectivity index (χ2v) is 9.50. The van der Waals surface area contributed by atoms with Crippen LogP contribution in [0.3, 0.4) is 0 Å². The van der Waals surface area contributed by atoms with Crippen molar-refractivity contribution in [1.82, 2.24) is 10.6 Å². The summed E-state index contributed by atoms with van der Waals surface area (Å²) in [6.45, 7) is 5.94. The zero-order chi connectivity index (χ0) is 27.8. The first kappa shape index (κ1) is 28.8. The molecule has 0 radical (unpaired) electrons. The molecule has 9 nitrogen and oxygen atoms in total. The van der Waals surface area contributed by atoms with Gasteiger partial charge in [-0.2, -0.15) is 0 Å². The van der Waals surface area contributed by atoms with Gasteiger partial charge in [0.2, 0.25) is 23.0 Å². The number of fused-ring (bicyclic) bond motifs is 3. The number of amides is 2. The van der Waals surface area contributed by atoms with E-state index in [1.165, 1.54) is 6.92 Å². The molecular weight excluding hydrogens is 486 g/mol. The second kappa shape index (κ2) is 13.2. The van der Waals surface area contributed by atoms with E-state index >= 15 is 0 Å². The molecule has 0 spiro atoms. The van der Waals surface area contributed by atoms with Crippen molar-refractivity contribution in [3.8, 4) is 28.4 Å². The standard InChI is InChI=1S/C29H39N3O6/c1-7-17(2)31-26(35)9-8-14-30-23-13-11-20-21(16-24(23)34)22(32-18(3)33)12-10-19-15-25(36-4)28(37-5)29(38-6)27(19)20/h11,13,15-17,22H,7-10,12,14H2,1-6H3,(H,30,34)(H,31,35)(H,32,33)/t17-,22-/m1/s1. The quantitative estimate of drug-likeness (QED) is 0.380. The van der Waals surface area contributed by atoms with E-state index in [4.69, 9.17) is 14.2 Å². The van der Waals surface area contributed by atoms with E-state index in [1.807, 2.05) is 26.0 Å². The van der Waals surface area contributed by atoms with Gasteiger partial charge in [0.05, 0.1) is 33.1 Å². The number of nitrogens with one attached hydrogen (secondary N) is 3. The molecule has 2 aromatic rings. The van der Waals surface area contributed by atoms with Gasteiger partial charge in [0, 0.05) is 31.5 Å². The average Bonchev–Trinajstić information content (AvgIpc) is 3.13. The minimum atomic E-state index is -0.367. The van der Waals surface area contributed by atoms with Crippen LogP contribution in [0.5, 0.6) is 17.2 Å². The highest BCUT2D eigenvalue weighted by Gasteiger charge is 2.29. The van der Waals surface area contributed by atoms with Crippen LogP contribution in [-0.4, -0.2) is 45.7 Å². The van der Waals surface area contributed by atoms with Gasteiger partial charge in [-0.05, 0) is 67.5 Å². The molecule has 0 fully saturated rings. The highest BCUT2D eigenvalue weighted by Crippen LogP contribution is 2.50. The number of hydrogen-bond acceptors (Lipinski definition) is 7. The summed E-state index contributed by atoms with van der Waals surface area (Å²) in [6.07, 6.45) is 3.06. The van der Waals surface area contributed by atoms with Crippen molar-refractivity contribution in [2.75, 3.05) is 33.2 Å². The van der Waals surface area contributed by atoms with Crippen LogP contribution in [0.15, 0.2) is 29.1 Å². The maximum atomic E-state index is 13.3. The number of methoxy groups -OCH3 is 3. The third-order valence-corrected chi connectivity index (χ3v) is 6.83. The Labute approximate surface area is 224 Å². The fraction of sp³-hybridized carbons (Fsp3) is 0.483. The highest BCUT2D eigenvalue weighted by molar-refractivity contribution is 5.83. The maximum Gasteiger partial charge on any atom is 0.220 e. The van der Waals surface area contributed by atoms with Crippen molar-refractivity contribution in [2.24, 2.45) is 0 Å². The normalized spacial score (nSPS) is 14.7. The van der Waals surface area contributed by atoms with Gasteiger partial charge in [-0.1, -0.05) is 13.0 Å². The molecule has 206 valence electrons. The molecule has 9 heteroatoms. The maximum absolute atomic E-state index is 13.3. The summed E-state index contributed by atoms with van der Waals surface area (Å²) in [5.74, 6) is 1.34. The number of anilines is 1. The summed E-state index contributed by atoms with van der Waals surface area (Å²) in [4.78, 5) is 37.5. The van der Waals surface area contributed by atoms with Crippen LogP contribution >= 0.6 is 0 Å². The molecule has 2 aromatic carbocycles. The molecule has 1 aliphatic carbocycles. The average molecular weight is 526 g/mol. The van der Waals surface area contributed by atoms with E-state index < -0.39 is 0 Å². The lowest BCUT2D eigenvalue weighted by atomic mass is 9.95. The first-order valence-corrected chi connectivity index (χ1v) is 13.0. The third-order valence-electron chi connectivity index (χ3n) is 6.83. The number of ether oxygens (including phenoxy) is 3. The van der Waals surface area contributed by atoms with Crippen molar-refractivity contribution < 1.29 is 23.8 Å². The smallest absolute Gasteiger partial charge is 0.220 e. The molecule has 2 atom stereocenters. The zero-order valence-electron chi connectivity index (χ0n) is 23.2. The molecule has 2 amide bonds. The Bertz CT molecular complexity index is 1230. The fourth-order valence-electron chi connectivity index (χ4n) is 4.77. The van der Waals surface area contributed by atoms with Gasteiger partial charge in [-0.3, -0.25) is 14.4 Å². The Balaban J connectivity index is 2.03. The molecule has 3 rings (SSSR count). The summed E-state index contributed by atoms with van der Waals surface area (Å²) in [6, 6.07) is 6.90. The summed E-state index contributed by atoms with van der Waals surface area (Å²) in [7, 11) is 4.69. The fourth-order valence-corrected chi connectivity index (χ4v) is 4.77. The minimum Gasteiger partial charge on any atom is -0.493 e. The van der Waals surface area contributed by atoms with Crippen molar-refractivity contribution in [1.29, 1.82) is 0 Å². The lowest BCUT2D eigenvalue weighted by Gasteiger charge is -2.19. The van der Waals surface area contributed by atoms with Gasteiger partial charge >= 0.3 is 0 Å². The van der Waals surface area contributed by atoms with Gasteiger partial charge < -0.3 is 30.2 Å². The Hall–Kier alpha value is -3.75. The van der Waals surface area contributed by atoms with Gasteiger partial charge in [0.25, 0.3) is 0 Å². The highest BCUT2D eigenvalue weighted by atomic mass is 16.5. The van der Waals surface area contributed by atoms with E-state index in [-0.39, 0.29) is 29.3 Å². The molecule has 3 N–H and O–H groups in total. The van der Waals surface area contributed by atoms with Crippen molar-refractivity contribution in [3.63, 3.8) is 0 Å². The Kier molecular flexibility index (Phi) is 9.98. The SMILES string of the molecule is CC[C@@H](C)NC(=O)CCCNc1ccc2c(cc1=O)[C@H](NC(C)=O)CCc1cc(OC)c(OC)c(OC)c1-2. The van der Waals surface area contributed by atoms with Crippen LogP contribution < -0.4 is 35.6 Å². The summed E-state index contributed by atoms with van der Waals surface area (Å²) in [5.41, 5.74) is 3.46. The zero-order valence-corrected chi connectivity index (χ0v) is 23.2. The molecule has 0 saturated heterocycles. The Morgan fingerprint density at radius 2 is 1.82 bits per heavy atom. The van der Waals surface area contributed by atoms with Crippen molar-refractivity contribution in [3.05, 3.63) is 45.6 Å². The van der Waals surface area contributed by atoms with Gasteiger partial charge in [-0.15, -0.1) is 0 Å². The molecular formula is C29H39N3O6. The second-order valence-electron chi connectivity index (χ2n) is 9.50. The van der Waals surface area contributed by atoms with Gasteiger partial charge in [0.15, 0.2) is 11.5 Å². The van der Waals surface area contributed by atoms with Crippen LogP contribution in [0.4, 0.5) is 5.69 Å². The largest absolute Gasteiger partial charge is 0.493 e. The first-order chi connectivity index (χ1) is 18.2. The van der Waals surface area contributed by atoms with Gasteiger partial charge in [0.1, 0.15) is 0 Å². The topological polar surface area (TPSA) is 115 Å². The van der Waals surface area contributed by atoms with E-state index in [0.29, 0.717) is 60.7 Å². The summed E-state index contributed by atoms with van der Waals surface area (Å²) in [5, 5.41) is 9.15. The lowest BCUT2D eigenvalue weighted by Crippen LogP contribution is -2.32. The van der Waals surface area contributed by atoms with Crippen LogP contribution in [0, 0.1) is 0 Å². The monoisotopic (exact) mass is 525 g/mol. The Morgan fingerprint density at radius 3 is 2.45 bits per heavy atom. The summed E-state index contributed by atoms with van der Waals surface area (Å²) < 4.78 is 17.0. The number of carbonyl (C=O) groups is 2. The van der Waals surface area contributed by atoms with E-state index in [1.54, 1.807) is 33.5 Å². The number of benzene rings is 1. The molecule has 0 aliphatic heterocycles. The number of carbonyl (C=O) groups excluding carboxylic acids is 2. The van der Waals surface area contributed by atoms with Crippen LogP contribution in [-0.2, 0) is 16.0 Å². The molecule has 38 heavy (non-hydrogen) atoms. The van der Waals surface area contributed by atoms with E-state index in [0.717, 1.165) is 23.1 Å². The number of hydrogen-bond donors (Lipinski definition) is 3. The van der Waals surface area contributed by atoms with Crippen molar-refractivity contribution in [2.45, 2.75) is 65.0 Å². The molecule has 0 aromatic heterocycles. The van der Waals surface area contributed by atoms with Crippen molar-refractivity contribution >= 4 is 17.5 Å². The first-order valence-electron chi connectivity index (χ1n) is 13.0. The number of aryl methyl sites for hydroxylation is 1. The molecule has 1 aliphatic rings. The Morgan fingerprint density at radius 1 is 1.08 bits per heavy atom. The molecule has 0 unspecified atom stereocenters. The van der Waals surface area contributed by atoms with Crippen LogP contribution in [0.2, 0.25) is 0 Å². The van der Waals surface area contributed by atoms with E-state index in [2.05, 4.69) is 16.0 Å². The molecule has 0 heterocycles. The molecule has 0 bridgehead atoms. The minimum absolute atomic E-state index is 0.0000506. The predicted molar refractivity (Wildman–Crippen MR) is 148 cm³/mol. The predicted octanol–water partition coefficient (Wildman–Crippen LogP) is 3.97. The summed E-state index contributed by atoms with van der Waals surface area (Å²) >= 11 is 0. The molecule has 0 saturated carbocycles. The van der Waals surface area contributed by atoms with Crippen LogP contribution in [0.25, 0.3) is 11.1 Å². The third kappa shape index (κ3) is 6.57.